The van der Waals surface area contributed by atoms with Crippen molar-refractivity contribution in [1.29, 1.82) is 0 Å². The maximum Gasteiger partial charge on any atom is 0.257 e. The van der Waals surface area contributed by atoms with Crippen molar-refractivity contribution in [3.63, 3.8) is 0 Å². The minimum absolute atomic E-state index is 0.0734. The Morgan fingerprint density at radius 1 is 1.26 bits per heavy atom. The number of halogens is 1. The first-order valence-corrected chi connectivity index (χ1v) is 9.93. The van der Waals surface area contributed by atoms with Crippen LogP contribution in [0.2, 0.25) is 5.02 Å². The van der Waals surface area contributed by atoms with Crippen LogP contribution >= 0.6 is 23.4 Å². The van der Waals surface area contributed by atoms with Crippen LogP contribution in [0, 0.1) is 6.92 Å². The number of carbonyl (C=O) groups is 1. The minimum Gasteiger partial charge on any atom is -0.387 e. The minimum atomic E-state index is -0.811. The molecule has 0 bridgehead atoms. The molecule has 3 rings (SSSR count). The van der Waals surface area contributed by atoms with Gasteiger partial charge in [0.05, 0.1) is 11.1 Å². The highest BCUT2D eigenvalue weighted by Gasteiger charge is 2.23. The van der Waals surface area contributed by atoms with Crippen LogP contribution in [0.3, 0.4) is 0 Å². The predicted octanol–water partition coefficient (Wildman–Crippen LogP) is 4.49. The van der Waals surface area contributed by atoms with E-state index in [2.05, 4.69) is 10.5 Å². The lowest BCUT2D eigenvalue weighted by Crippen LogP contribution is -2.29. The van der Waals surface area contributed by atoms with E-state index in [1.54, 1.807) is 36.9 Å². The number of aryl methyl sites for hydroxylation is 1. The van der Waals surface area contributed by atoms with Crippen molar-refractivity contribution in [3.8, 4) is 11.3 Å². The first kappa shape index (κ1) is 19.5. The number of aromatic nitrogens is 1. The smallest absolute Gasteiger partial charge is 0.257 e. The van der Waals surface area contributed by atoms with Gasteiger partial charge >= 0.3 is 0 Å². The number of thioether (sulfide) groups is 1. The van der Waals surface area contributed by atoms with Gasteiger partial charge in [-0.15, -0.1) is 11.8 Å². The summed E-state index contributed by atoms with van der Waals surface area (Å²) in [6.45, 7) is 1.74. The van der Waals surface area contributed by atoms with Crippen molar-refractivity contribution in [2.75, 3.05) is 12.8 Å². The lowest BCUT2D eigenvalue weighted by molar-refractivity contribution is 0.0915. The van der Waals surface area contributed by atoms with Gasteiger partial charge in [-0.05, 0) is 36.9 Å². The molecule has 0 aliphatic carbocycles. The zero-order valence-electron chi connectivity index (χ0n) is 14.9. The molecule has 1 aromatic heterocycles. The summed E-state index contributed by atoms with van der Waals surface area (Å²) in [5.74, 6) is 0.0182. The van der Waals surface area contributed by atoms with Crippen LogP contribution in [-0.4, -0.2) is 29.0 Å². The number of aliphatic hydroxyl groups is 1. The largest absolute Gasteiger partial charge is 0.387 e. The molecule has 0 saturated heterocycles. The molecule has 7 heteroatoms. The van der Waals surface area contributed by atoms with Gasteiger partial charge in [0.2, 0.25) is 0 Å². The van der Waals surface area contributed by atoms with Crippen molar-refractivity contribution in [1.82, 2.24) is 10.5 Å². The molecular weight excluding hydrogens is 384 g/mol. The van der Waals surface area contributed by atoms with Gasteiger partial charge in [-0.25, -0.2) is 0 Å². The monoisotopic (exact) mass is 402 g/mol. The lowest BCUT2D eigenvalue weighted by atomic mass is 10.1. The third-order valence-corrected chi connectivity index (χ3v) is 5.25. The predicted molar refractivity (Wildman–Crippen MR) is 107 cm³/mol. The van der Waals surface area contributed by atoms with Crippen molar-refractivity contribution in [2.45, 2.75) is 17.9 Å². The van der Waals surface area contributed by atoms with Crippen LogP contribution in [0.15, 0.2) is 57.9 Å². The van der Waals surface area contributed by atoms with Crippen molar-refractivity contribution >= 4 is 29.3 Å². The normalized spacial score (nSPS) is 12.0. The molecule has 0 spiro atoms. The van der Waals surface area contributed by atoms with Gasteiger partial charge in [0.1, 0.15) is 17.0 Å². The van der Waals surface area contributed by atoms with E-state index in [1.807, 2.05) is 36.6 Å². The summed E-state index contributed by atoms with van der Waals surface area (Å²) in [6, 6.07) is 14.7. The van der Waals surface area contributed by atoms with Gasteiger partial charge in [0, 0.05) is 17.0 Å². The van der Waals surface area contributed by atoms with Crippen molar-refractivity contribution in [2.24, 2.45) is 0 Å². The molecule has 140 valence electrons. The Hall–Kier alpha value is -2.28. The second-order valence-electron chi connectivity index (χ2n) is 5.94. The van der Waals surface area contributed by atoms with Gasteiger partial charge in [-0.2, -0.15) is 0 Å². The number of hydrogen-bond donors (Lipinski definition) is 2. The fourth-order valence-corrected chi connectivity index (χ4v) is 3.33. The Morgan fingerprint density at radius 3 is 2.63 bits per heavy atom. The van der Waals surface area contributed by atoms with E-state index in [0.29, 0.717) is 27.6 Å². The molecule has 2 N–H and O–H groups in total. The van der Waals surface area contributed by atoms with Gasteiger partial charge in [-0.3, -0.25) is 4.79 Å². The average Bonchev–Trinajstić information content (AvgIpc) is 3.07. The molecule has 0 saturated carbocycles. The molecule has 1 unspecified atom stereocenters. The third-order valence-electron chi connectivity index (χ3n) is 4.18. The highest BCUT2D eigenvalue weighted by Crippen LogP contribution is 2.31. The number of nitrogens with zero attached hydrogens (tertiary/aromatic N) is 1. The Labute approximate surface area is 166 Å². The van der Waals surface area contributed by atoms with Crippen LogP contribution in [0.4, 0.5) is 0 Å². The van der Waals surface area contributed by atoms with Gasteiger partial charge in [0.15, 0.2) is 0 Å². The number of aliphatic hydroxyl groups excluding tert-OH is 1. The van der Waals surface area contributed by atoms with E-state index in [9.17, 15) is 9.90 Å². The molecule has 3 aromatic rings. The van der Waals surface area contributed by atoms with Crippen LogP contribution in [0.1, 0.15) is 27.8 Å². The maximum atomic E-state index is 12.7. The molecule has 1 amide bonds. The molecule has 2 aromatic carbocycles. The number of nitrogens with one attached hydrogen (secondary N) is 1. The van der Waals surface area contributed by atoms with Crippen LogP contribution in [0.5, 0.6) is 0 Å². The van der Waals surface area contributed by atoms with E-state index in [0.717, 1.165) is 10.5 Å². The first-order chi connectivity index (χ1) is 13.0. The van der Waals surface area contributed by atoms with E-state index in [1.165, 1.54) is 0 Å². The summed E-state index contributed by atoms with van der Waals surface area (Å²) >= 11 is 7.85. The highest BCUT2D eigenvalue weighted by molar-refractivity contribution is 7.98. The maximum absolute atomic E-state index is 12.7. The molecule has 0 aliphatic rings. The highest BCUT2D eigenvalue weighted by atomic mass is 35.5. The first-order valence-electron chi connectivity index (χ1n) is 8.32. The summed E-state index contributed by atoms with van der Waals surface area (Å²) in [6.07, 6.45) is 1.18. The summed E-state index contributed by atoms with van der Waals surface area (Å²) in [5, 5.41) is 17.6. The molecule has 0 fully saturated rings. The number of amides is 1. The Bertz CT molecular complexity index is 941. The van der Waals surface area contributed by atoms with E-state index < -0.39 is 6.10 Å². The Kier molecular flexibility index (Phi) is 6.21. The van der Waals surface area contributed by atoms with Crippen LogP contribution in [-0.2, 0) is 0 Å². The molecular formula is C20H19ClN2O3S. The fraction of sp³-hybridized carbons (Fsp3) is 0.200. The number of hydrogen-bond acceptors (Lipinski definition) is 5. The molecule has 5 nitrogen and oxygen atoms in total. The Morgan fingerprint density at radius 2 is 1.96 bits per heavy atom. The van der Waals surface area contributed by atoms with Gasteiger partial charge in [0.25, 0.3) is 5.91 Å². The fourth-order valence-electron chi connectivity index (χ4n) is 2.70. The van der Waals surface area contributed by atoms with Crippen molar-refractivity contribution < 1.29 is 14.4 Å². The molecule has 0 aliphatic heterocycles. The van der Waals surface area contributed by atoms with Crippen molar-refractivity contribution in [3.05, 3.63) is 70.4 Å². The SMILES string of the molecule is CSc1ccc(C(O)CNC(=O)c2c(-c3ccccc3Cl)noc2C)cc1. The standard InChI is InChI=1S/C20H19ClN2O3S/c1-12-18(19(23-26-12)15-5-3-4-6-16(15)21)20(25)22-11-17(24)13-7-9-14(27-2)10-8-13/h3-10,17,24H,11H2,1-2H3,(H,22,25). The number of carbonyl (C=O) groups excluding carboxylic acids is 1. The van der Waals surface area contributed by atoms with E-state index in [-0.39, 0.29) is 12.5 Å². The number of rotatable bonds is 6. The second-order valence-corrected chi connectivity index (χ2v) is 7.23. The number of benzene rings is 2. The van der Waals surface area contributed by atoms with E-state index >= 15 is 0 Å². The summed E-state index contributed by atoms with van der Waals surface area (Å²) in [5.41, 5.74) is 2.05. The average molecular weight is 403 g/mol. The second kappa shape index (κ2) is 8.61. The summed E-state index contributed by atoms with van der Waals surface area (Å²) < 4.78 is 5.21. The topological polar surface area (TPSA) is 75.4 Å². The van der Waals surface area contributed by atoms with Crippen LogP contribution < -0.4 is 5.32 Å². The third kappa shape index (κ3) is 4.35. The van der Waals surface area contributed by atoms with Gasteiger partial charge in [-0.1, -0.05) is 47.1 Å². The van der Waals surface area contributed by atoms with E-state index in [4.69, 9.17) is 16.1 Å². The summed E-state index contributed by atoms with van der Waals surface area (Å²) in [7, 11) is 0. The molecule has 1 heterocycles. The zero-order valence-corrected chi connectivity index (χ0v) is 16.5. The molecule has 0 radical (unpaired) electrons. The lowest BCUT2D eigenvalue weighted by Gasteiger charge is -2.13. The molecule has 1 atom stereocenters. The zero-order chi connectivity index (χ0) is 19.4. The molecule has 27 heavy (non-hydrogen) atoms. The Balaban J connectivity index is 1.75. The van der Waals surface area contributed by atoms with Gasteiger partial charge < -0.3 is 14.9 Å². The van der Waals surface area contributed by atoms with Crippen LogP contribution in [0.25, 0.3) is 11.3 Å². The quantitative estimate of drug-likeness (QED) is 0.594. The summed E-state index contributed by atoms with van der Waals surface area (Å²) in [4.78, 5) is 13.8.